The van der Waals surface area contributed by atoms with Crippen LogP contribution in [-0.4, -0.2) is 13.1 Å². The van der Waals surface area contributed by atoms with Crippen molar-refractivity contribution < 1.29 is 0 Å². The van der Waals surface area contributed by atoms with Gasteiger partial charge in [0.1, 0.15) is 0 Å². The second-order valence-electron chi connectivity index (χ2n) is 4.63. The number of piperidine rings is 1. The van der Waals surface area contributed by atoms with E-state index < -0.39 is 0 Å². The molecule has 0 atom stereocenters. The van der Waals surface area contributed by atoms with Crippen molar-refractivity contribution >= 4 is 5.69 Å². The van der Waals surface area contributed by atoms with Gasteiger partial charge in [0.05, 0.1) is 0 Å². The Hall–Kier alpha value is -0.980. The largest absolute Gasteiger partial charge is 0.371 e. The van der Waals surface area contributed by atoms with Gasteiger partial charge in [-0.2, -0.15) is 0 Å². The quantitative estimate of drug-likeness (QED) is 0.739. The van der Waals surface area contributed by atoms with E-state index in [0.717, 1.165) is 6.42 Å². The molecule has 1 heteroatoms. The minimum absolute atomic E-state index is 1.04. The lowest BCUT2D eigenvalue weighted by molar-refractivity contribution is 0.576. The van der Waals surface area contributed by atoms with E-state index in [1.807, 2.05) is 0 Å². The van der Waals surface area contributed by atoms with Crippen molar-refractivity contribution in [3.63, 3.8) is 0 Å². The van der Waals surface area contributed by atoms with E-state index in [1.54, 1.807) is 0 Å². The predicted molar refractivity (Wildman–Crippen MR) is 70.8 cm³/mol. The molecule has 0 aliphatic carbocycles. The first kappa shape index (κ1) is 11.5. The molecule has 1 nitrogen and oxygen atoms in total. The standard InChI is InChI=1S/C15H22N/c1-2-3-9-14-10-5-6-11-15(14)16-12-7-4-8-13-16/h5-6,10-11H,1-4,7-9,12-13H2. The van der Waals surface area contributed by atoms with Crippen molar-refractivity contribution in [2.75, 3.05) is 18.0 Å². The fraction of sp³-hybridized carbons (Fsp3) is 0.533. The molecule has 1 aliphatic heterocycles. The molecule has 0 N–H and O–H groups in total. The maximum atomic E-state index is 3.93. The summed E-state index contributed by atoms with van der Waals surface area (Å²) >= 11 is 0. The average Bonchev–Trinajstić information content (AvgIpc) is 2.38. The highest BCUT2D eigenvalue weighted by Gasteiger charge is 2.13. The maximum Gasteiger partial charge on any atom is 0.0398 e. The smallest absolute Gasteiger partial charge is 0.0398 e. The highest BCUT2D eigenvalue weighted by molar-refractivity contribution is 5.53. The van der Waals surface area contributed by atoms with Crippen LogP contribution in [0, 0.1) is 6.92 Å². The Bertz CT molecular complexity index is 313. The number of benzene rings is 1. The molecular formula is C15H22N. The summed E-state index contributed by atoms with van der Waals surface area (Å²) in [4.78, 5) is 2.56. The van der Waals surface area contributed by atoms with Gasteiger partial charge in [-0.25, -0.2) is 0 Å². The fourth-order valence-corrected chi connectivity index (χ4v) is 2.48. The Kier molecular flexibility index (Phi) is 4.26. The Morgan fingerprint density at radius 2 is 1.81 bits per heavy atom. The summed E-state index contributed by atoms with van der Waals surface area (Å²) in [6.45, 7) is 6.40. The summed E-state index contributed by atoms with van der Waals surface area (Å²) in [6.07, 6.45) is 7.51. The summed E-state index contributed by atoms with van der Waals surface area (Å²) in [6, 6.07) is 8.88. The van der Waals surface area contributed by atoms with Crippen LogP contribution >= 0.6 is 0 Å². The topological polar surface area (TPSA) is 3.24 Å². The van der Waals surface area contributed by atoms with Crippen LogP contribution in [0.4, 0.5) is 5.69 Å². The number of nitrogens with zero attached hydrogens (tertiary/aromatic N) is 1. The third kappa shape index (κ3) is 2.78. The SMILES string of the molecule is [CH2]CCCc1ccccc1N1CCCCC1. The van der Waals surface area contributed by atoms with Crippen LogP contribution in [0.25, 0.3) is 0 Å². The molecule has 1 fully saturated rings. The molecule has 87 valence electrons. The van der Waals surface area contributed by atoms with E-state index in [9.17, 15) is 0 Å². The second-order valence-corrected chi connectivity index (χ2v) is 4.63. The zero-order chi connectivity index (χ0) is 11.2. The third-order valence-electron chi connectivity index (χ3n) is 3.38. The van der Waals surface area contributed by atoms with E-state index in [-0.39, 0.29) is 0 Å². The molecule has 1 aromatic carbocycles. The number of aryl methyl sites for hydroxylation is 1. The summed E-state index contributed by atoms with van der Waals surface area (Å²) in [5, 5.41) is 0. The molecule has 0 unspecified atom stereocenters. The Labute approximate surface area is 99.5 Å². The maximum absolute atomic E-state index is 3.93. The molecule has 1 aromatic rings. The van der Waals surface area contributed by atoms with Crippen LogP contribution < -0.4 is 4.90 Å². The van der Waals surface area contributed by atoms with Gasteiger partial charge in [-0.05, 0) is 43.7 Å². The Morgan fingerprint density at radius 3 is 2.56 bits per heavy atom. The van der Waals surface area contributed by atoms with Gasteiger partial charge in [-0.15, -0.1) is 0 Å². The van der Waals surface area contributed by atoms with Crippen molar-refractivity contribution in [1.82, 2.24) is 0 Å². The summed E-state index contributed by atoms with van der Waals surface area (Å²) in [5.41, 5.74) is 2.98. The molecule has 1 heterocycles. The first-order chi connectivity index (χ1) is 7.92. The summed E-state index contributed by atoms with van der Waals surface area (Å²) < 4.78 is 0. The highest BCUT2D eigenvalue weighted by Crippen LogP contribution is 2.25. The number of rotatable bonds is 4. The Balaban J connectivity index is 2.11. The molecular weight excluding hydrogens is 194 g/mol. The van der Waals surface area contributed by atoms with Gasteiger partial charge in [0, 0.05) is 18.8 Å². The van der Waals surface area contributed by atoms with E-state index in [1.165, 1.54) is 56.4 Å². The molecule has 1 saturated heterocycles. The first-order valence-corrected chi connectivity index (χ1v) is 6.54. The normalized spacial score (nSPS) is 16.4. The van der Waals surface area contributed by atoms with Crippen LogP contribution in [0.15, 0.2) is 24.3 Å². The third-order valence-corrected chi connectivity index (χ3v) is 3.38. The number of para-hydroxylation sites is 1. The van der Waals surface area contributed by atoms with Gasteiger partial charge in [0.15, 0.2) is 0 Å². The van der Waals surface area contributed by atoms with Gasteiger partial charge in [0.2, 0.25) is 0 Å². The molecule has 0 saturated carbocycles. The first-order valence-electron chi connectivity index (χ1n) is 6.54. The zero-order valence-electron chi connectivity index (χ0n) is 10.1. The fourth-order valence-electron chi connectivity index (χ4n) is 2.48. The van der Waals surface area contributed by atoms with Crippen LogP contribution in [0.5, 0.6) is 0 Å². The van der Waals surface area contributed by atoms with Crippen LogP contribution in [-0.2, 0) is 6.42 Å². The molecule has 1 radical (unpaired) electrons. The van der Waals surface area contributed by atoms with Crippen molar-refractivity contribution in [3.8, 4) is 0 Å². The number of anilines is 1. The van der Waals surface area contributed by atoms with Crippen molar-refractivity contribution in [1.29, 1.82) is 0 Å². The van der Waals surface area contributed by atoms with Gasteiger partial charge in [-0.3, -0.25) is 0 Å². The Morgan fingerprint density at radius 1 is 1.06 bits per heavy atom. The monoisotopic (exact) mass is 216 g/mol. The average molecular weight is 216 g/mol. The van der Waals surface area contributed by atoms with Gasteiger partial charge >= 0.3 is 0 Å². The lowest BCUT2D eigenvalue weighted by Gasteiger charge is -2.30. The number of unbranched alkanes of at least 4 members (excludes halogenated alkanes) is 1. The minimum Gasteiger partial charge on any atom is -0.371 e. The molecule has 1 aliphatic rings. The zero-order valence-corrected chi connectivity index (χ0v) is 10.1. The molecule has 0 amide bonds. The molecule has 16 heavy (non-hydrogen) atoms. The van der Waals surface area contributed by atoms with Crippen molar-refractivity contribution in [2.45, 2.75) is 38.5 Å². The van der Waals surface area contributed by atoms with Gasteiger partial charge in [-0.1, -0.05) is 31.5 Å². The molecule has 0 aromatic heterocycles. The van der Waals surface area contributed by atoms with Crippen LogP contribution in [0.1, 0.15) is 37.7 Å². The molecule has 0 spiro atoms. The summed E-state index contributed by atoms with van der Waals surface area (Å²) in [5.74, 6) is 0. The van der Waals surface area contributed by atoms with Gasteiger partial charge in [0.25, 0.3) is 0 Å². The van der Waals surface area contributed by atoms with Crippen molar-refractivity contribution in [3.05, 3.63) is 36.8 Å². The van der Waals surface area contributed by atoms with Crippen LogP contribution in [0.3, 0.4) is 0 Å². The molecule has 2 rings (SSSR count). The van der Waals surface area contributed by atoms with Gasteiger partial charge < -0.3 is 4.90 Å². The number of hydrogen-bond acceptors (Lipinski definition) is 1. The predicted octanol–water partition coefficient (Wildman–Crippen LogP) is 3.83. The van der Waals surface area contributed by atoms with E-state index >= 15 is 0 Å². The number of hydrogen-bond donors (Lipinski definition) is 0. The van der Waals surface area contributed by atoms with E-state index in [4.69, 9.17) is 0 Å². The second kappa shape index (κ2) is 5.93. The van der Waals surface area contributed by atoms with Crippen LogP contribution in [0.2, 0.25) is 0 Å². The van der Waals surface area contributed by atoms with E-state index in [0.29, 0.717) is 0 Å². The minimum atomic E-state index is 1.04. The van der Waals surface area contributed by atoms with E-state index in [2.05, 4.69) is 36.1 Å². The highest BCUT2D eigenvalue weighted by atomic mass is 15.1. The van der Waals surface area contributed by atoms with Crippen molar-refractivity contribution in [2.24, 2.45) is 0 Å². The summed E-state index contributed by atoms with van der Waals surface area (Å²) in [7, 11) is 0. The molecule has 0 bridgehead atoms. The lowest BCUT2D eigenvalue weighted by Crippen LogP contribution is -2.30. The lowest BCUT2D eigenvalue weighted by atomic mass is 10.0.